The topological polar surface area (TPSA) is 63.6 Å². The molecule has 0 amide bonds. The molecule has 0 saturated carbocycles. The first-order valence-electron chi connectivity index (χ1n) is 15.3. The van der Waals surface area contributed by atoms with Crippen LogP contribution in [0.25, 0.3) is 0 Å². The summed E-state index contributed by atoms with van der Waals surface area (Å²) >= 11 is 0. The molecule has 0 aromatic heterocycles. The van der Waals surface area contributed by atoms with Crippen LogP contribution in [0.15, 0.2) is 96.0 Å². The summed E-state index contributed by atoms with van der Waals surface area (Å²) in [5.41, 5.74) is 2.54. The number of hydrogen-bond donors (Lipinski definition) is 0. The molecule has 3 aromatic rings. The Bertz CT molecular complexity index is 1410. The van der Waals surface area contributed by atoms with E-state index in [1.807, 2.05) is 25.1 Å². The lowest BCUT2D eigenvalue weighted by atomic mass is 9.74. The van der Waals surface area contributed by atoms with Crippen molar-refractivity contribution >= 4 is 11.7 Å². The molecular formula is C35H39N3O4. The van der Waals surface area contributed by atoms with Crippen LogP contribution in [0, 0.1) is 11.8 Å². The van der Waals surface area contributed by atoms with E-state index < -0.39 is 17.4 Å². The van der Waals surface area contributed by atoms with E-state index in [1.54, 1.807) is 0 Å². The summed E-state index contributed by atoms with van der Waals surface area (Å²) in [6.07, 6.45) is 1.77. The zero-order valence-corrected chi connectivity index (χ0v) is 24.2. The third-order valence-electron chi connectivity index (χ3n) is 9.50. The third kappa shape index (κ3) is 4.51. The largest absolute Gasteiger partial charge is 0.466 e. The number of aliphatic imine (C=N–C) groups is 1. The van der Waals surface area contributed by atoms with Crippen LogP contribution in [0.4, 0.5) is 0 Å². The maximum atomic E-state index is 14.1. The molecule has 3 saturated heterocycles. The molecule has 5 atom stereocenters. The Morgan fingerprint density at radius 3 is 2.24 bits per heavy atom. The number of likely N-dealkylation sites (tertiary alicyclic amines) is 1. The first-order valence-corrected chi connectivity index (χ1v) is 15.3. The van der Waals surface area contributed by atoms with Crippen molar-refractivity contribution in [3.05, 3.63) is 108 Å². The molecule has 4 aliphatic rings. The van der Waals surface area contributed by atoms with Crippen LogP contribution >= 0.6 is 0 Å². The standard InChI is InChI=1S/C35H39N3O4/c1-2-41-33(39)31-29-25-37(24-27-14-8-4-9-15-27)30(19-18-26-12-6-3-7-13-26)34(29)36-32(28-16-10-5-11-17-28)35(31,42-34)38-20-22-40-23-21-38/h3-17,29-31H,2,18-25H2,1H3/t29-,30-,31+,34+,35?/m0/s1. The molecule has 0 N–H and O–H groups in total. The van der Waals surface area contributed by atoms with Crippen molar-refractivity contribution in [3.8, 4) is 0 Å². The van der Waals surface area contributed by atoms with E-state index in [9.17, 15) is 4.79 Å². The van der Waals surface area contributed by atoms with Crippen LogP contribution in [-0.2, 0) is 32.0 Å². The Morgan fingerprint density at radius 1 is 0.929 bits per heavy atom. The van der Waals surface area contributed by atoms with Crippen molar-refractivity contribution in [2.24, 2.45) is 16.8 Å². The molecule has 0 radical (unpaired) electrons. The van der Waals surface area contributed by atoms with Crippen LogP contribution in [0.2, 0.25) is 0 Å². The monoisotopic (exact) mass is 565 g/mol. The average molecular weight is 566 g/mol. The number of morpholine rings is 1. The normalized spacial score (nSPS) is 30.7. The molecule has 1 unspecified atom stereocenters. The van der Waals surface area contributed by atoms with Gasteiger partial charge in [-0.3, -0.25) is 14.6 Å². The fourth-order valence-electron chi connectivity index (χ4n) is 7.78. The van der Waals surface area contributed by atoms with Gasteiger partial charge in [-0.1, -0.05) is 91.0 Å². The van der Waals surface area contributed by atoms with E-state index in [0.29, 0.717) is 32.9 Å². The molecule has 0 aliphatic carbocycles. The zero-order valence-electron chi connectivity index (χ0n) is 24.2. The Morgan fingerprint density at radius 2 is 1.57 bits per heavy atom. The highest BCUT2D eigenvalue weighted by Crippen LogP contribution is 2.62. The maximum absolute atomic E-state index is 14.1. The fourth-order valence-corrected chi connectivity index (χ4v) is 7.78. The summed E-state index contributed by atoms with van der Waals surface area (Å²) in [4.78, 5) is 24.5. The van der Waals surface area contributed by atoms with Crippen LogP contribution in [0.5, 0.6) is 0 Å². The second-order valence-corrected chi connectivity index (χ2v) is 11.8. The number of hydrogen-bond acceptors (Lipinski definition) is 7. The summed E-state index contributed by atoms with van der Waals surface area (Å²) in [6.45, 7) is 6.25. The lowest BCUT2D eigenvalue weighted by Crippen LogP contribution is -2.63. The molecule has 7 rings (SSSR count). The number of ether oxygens (including phenoxy) is 3. The molecule has 2 bridgehead atoms. The summed E-state index contributed by atoms with van der Waals surface area (Å²) in [6, 6.07) is 31.5. The van der Waals surface area contributed by atoms with Gasteiger partial charge in [-0.15, -0.1) is 0 Å². The second kappa shape index (κ2) is 11.4. The van der Waals surface area contributed by atoms with Gasteiger partial charge in [-0.25, -0.2) is 4.99 Å². The molecular weight excluding hydrogens is 526 g/mol. The van der Waals surface area contributed by atoms with Gasteiger partial charge in [0, 0.05) is 37.7 Å². The van der Waals surface area contributed by atoms with E-state index in [1.165, 1.54) is 11.1 Å². The van der Waals surface area contributed by atoms with Crippen molar-refractivity contribution in [2.45, 2.75) is 43.8 Å². The number of rotatable bonds is 9. The van der Waals surface area contributed by atoms with E-state index in [4.69, 9.17) is 19.2 Å². The lowest BCUT2D eigenvalue weighted by molar-refractivity contribution is -0.181. The number of carbonyl (C=O) groups is 1. The molecule has 1 spiro atoms. The fraction of sp³-hybridized carbons (Fsp3) is 0.429. The maximum Gasteiger partial charge on any atom is 0.314 e. The van der Waals surface area contributed by atoms with Gasteiger partial charge in [-0.2, -0.15) is 0 Å². The summed E-state index contributed by atoms with van der Waals surface area (Å²) in [7, 11) is 0. The zero-order chi connectivity index (χ0) is 28.6. The minimum atomic E-state index is -0.994. The predicted octanol–water partition coefficient (Wildman–Crippen LogP) is 4.56. The quantitative estimate of drug-likeness (QED) is 0.355. The van der Waals surface area contributed by atoms with Gasteiger partial charge >= 0.3 is 5.97 Å². The molecule has 4 aliphatic heterocycles. The SMILES string of the molecule is CCOC(=O)[C@H]1[C@@H]2CN(Cc3ccccc3)[C@@H](CCc3ccccc3)[C@@]23N=C(c2ccccc2)C1(N1CCOCC1)O3. The van der Waals surface area contributed by atoms with Gasteiger partial charge in [0.2, 0.25) is 0 Å². The van der Waals surface area contributed by atoms with Crippen LogP contribution in [0.3, 0.4) is 0 Å². The molecule has 218 valence electrons. The number of aryl methyl sites for hydroxylation is 1. The van der Waals surface area contributed by atoms with Crippen LogP contribution in [-0.4, -0.2) is 78.4 Å². The number of benzene rings is 3. The van der Waals surface area contributed by atoms with E-state index >= 15 is 0 Å². The van der Waals surface area contributed by atoms with E-state index in [-0.39, 0.29) is 17.9 Å². The van der Waals surface area contributed by atoms with Crippen molar-refractivity contribution in [2.75, 3.05) is 39.5 Å². The third-order valence-corrected chi connectivity index (χ3v) is 9.50. The Kier molecular flexibility index (Phi) is 7.44. The highest BCUT2D eigenvalue weighted by molar-refractivity contribution is 6.11. The Balaban J connectivity index is 1.36. The van der Waals surface area contributed by atoms with Gasteiger partial charge in [0.15, 0.2) is 11.4 Å². The molecule has 42 heavy (non-hydrogen) atoms. The van der Waals surface area contributed by atoms with Crippen molar-refractivity contribution in [1.82, 2.24) is 9.80 Å². The summed E-state index contributed by atoms with van der Waals surface area (Å²) < 4.78 is 19.1. The molecule has 3 fully saturated rings. The van der Waals surface area contributed by atoms with Gasteiger partial charge in [0.1, 0.15) is 5.92 Å². The first kappa shape index (κ1) is 27.5. The van der Waals surface area contributed by atoms with Crippen molar-refractivity contribution in [3.63, 3.8) is 0 Å². The van der Waals surface area contributed by atoms with Gasteiger partial charge in [0.05, 0.1) is 31.6 Å². The minimum Gasteiger partial charge on any atom is -0.466 e. The van der Waals surface area contributed by atoms with Crippen LogP contribution < -0.4 is 0 Å². The van der Waals surface area contributed by atoms with E-state index in [2.05, 4.69) is 82.6 Å². The minimum absolute atomic E-state index is 0.0102. The lowest BCUT2D eigenvalue weighted by Gasteiger charge is -2.45. The first-order chi connectivity index (χ1) is 20.7. The Hall–Kier alpha value is -3.36. The van der Waals surface area contributed by atoms with Crippen LogP contribution in [0.1, 0.15) is 30.0 Å². The van der Waals surface area contributed by atoms with Gasteiger partial charge in [0.25, 0.3) is 0 Å². The summed E-state index contributed by atoms with van der Waals surface area (Å²) in [5.74, 6) is -0.817. The van der Waals surface area contributed by atoms with E-state index in [0.717, 1.165) is 37.2 Å². The summed E-state index contributed by atoms with van der Waals surface area (Å²) in [5, 5.41) is 0. The highest BCUT2D eigenvalue weighted by Gasteiger charge is 2.78. The Labute approximate surface area is 248 Å². The molecule has 7 heteroatoms. The second-order valence-electron chi connectivity index (χ2n) is 11.8. The van der Waals surface area contributed by atoms with Gasteiger partial charge in [-0.05, 0) is 30.9 Å². The average Bonchev–Trinajstić information content (AvgIpc) is 3.64. The van der Waals surface area contributed by atoms with Crippen molar-refractivity contribution < 1.29 is 19.0 Å². The number of esters is 1. The molecule has 4 heterocycles. The number of nitrogens with zero attached hydrogens (tertiary/aromatic N) is 3. The number of carbonyl (C=O) groups excluding carboxylic acids is 1. The molecule has 3 aromatic carbocycles. The van der Waals surface area contributed by atoms with Crippen molar-refractivity contribution in [1.29, 1.82) is 0 Å². The predicted molar refractivity (Wildman–Crippen MR) is 161 cm³/mol. The number of fused-ring (bicyclic) bond motifs is 1. The smallest absolute Gasteiger partial charge is 0.314 e. The highest BCUT2D eigenvalue weighted by atomic mass is 16.6. The van der Waals surface area contributed by atoms with Gasteiger partial charge < -0.3 is 14.2 Å². The molecule has 7 nitrogen and oxygen atoms in total.